The number of hydrogen-bond donors (Lipinski definition) is 1. The number of anilines is 2. The van der Waals surface area contributed by atoms with Crippen molar-refractivity contribution in [2.45, 2.75) is 6.10 Å². The van der Waals surface area contributed by atoms with Gasteiger partial charge in [0.1, 0.15) is 11.9 Å². The maximum atomic E-state index is 14.5. The molecular formula is C16H20FN3O5. The molecule has 0 aromatic heterocycles. The Kier molecular flexibility index (Phi) is 5.22. The van der Waals surface area contributed by atoms with Crippen LogP contribution in [0.2, 0.25) is 0 Å². The Balaban J connectivity index is 1.66. The summed E-state index contributed by atoms with van der Waals surface area (Å²) in [6.45, 7) is 2.73. The van der Waals surface area contributed by atoms with Crippen molar-refractivity contribution < 1.29 is 28.2 Å². The average Bonchev–Trinajstić information content (AvgIpc) is 3.01. The van der Waals surface area contributed by atoms with Crippen LogP contribution in [-0.2, 0) is 14.2 Å². The van der Waals surface area contributed by atoms with E-state index in [9.17, 15) is 14.0 Å². The molecule has 1 N–H and O–H groups in total. The monoisotopic (exact) mass is 353 g/mol. The molecule has 0 unspecified atom stereocenters. The van der Waals surface area contributed by atoms with Gasteiger partial charge in [-0.25, -0.2) is 14.0 Å². The van der Waals surface area contributed by atoms with Crippen LogP contribution in [0.4, 0.5) is 25.4 Å². The minimum Gasteiger partial charge on any atom is -0.453 e. The summed E-state index contributed by atoms with van der Waals surface area (Å²) in [4.78, 5) is 26.3. The summed E-state index contributed by atoms with van der Waals surface area (Å²) in [7, 11) is 1.25. The number of carbonyl (C=O) groups excluding carboxylic acids is 2. The number of carbonyl (C=O) groups is 2. The van der Waals surface area contributed by atoms with Gasteiger partial charge in [0.2, 0.25) is 0 Å². The van der Waals surface area contributed by atoms with E-state index in [1.807, 2.05) is 4.90 Å². The SMILES string of the molecule is COC(=O)NC[C@H]1CN(c2ccc(N3CCOCC3)c(F)c2)C(=O)O1. The second-order valence-corrected chi connectivity index (χ2v) is 5.72. The van der Waals surface area contributed by atoms with Crippen LogP contribution in [0.1, 0.15) is 0 Å². The van der Waals surface area contributed by atoms with E-state index in [4.69, 9.17) is 9.47 Å². The Bertz CT molecular complexity index is 651. The van der Waals surface area contributed by atoms with Gasteiger partial charge in [0, 0.05) is 13.1 Å². The van der Waals surface area contributed by atoms with E-state index in [0.717, 1.165) is 0 Å². The number of hydrogen-bond acceptors (Lipinski definition) is 6. The molecule has 2 aliphatic rings. The van der Waals surface area contributed by atoms with Crippen molar-refractivity contribution >= 4 is 23.6 Å². The van der Waals surface area contributed by atoms with Crippen LogP contribution < -0.4 is 15.1 Å². The third-order valence-corrected chi connectivity index (χ3v) is 4.13. The molecule has 2 aliphatic heterocycles. The Morgan fingerprint density at radius 2 is 2.16 bits per heavy atom. The molecule has 1 aromatic rings. The Morgan fingerprint density at radius 1 is 1.40 bits per heavy atom. The smallest absolute Gasteiger partial charge is 0.414 e. The first-order valence-corrected chi connectivity index (χ1v) is 8.00. The van der Waals surface area contributed by atoms with E-state index in [-0.39, 0.29) is 13.1 Å². The number of nitrogens with one attached hydrogen (secondary N) is 1. The van der Waals surface area contributed by atoms with E-state index in [0.29, 0.717) is 37.7 Å². The summed E-state index contributed by atoms with van der Waals surface area (Å²) < 4.78 is 29.4. The van der Waals surface area contributed by atoms with Gasteiger partial charge >= 0.3 is 12.2 Å². The highest BCUT2D eigenvalue weighted by Crippen LogP contribution is 2.28. The maximum Gasteiger partial charge on any atom is 0.414 e. The predicted molar refractivity (Wildman–Crippen MR) is 87.5 cm³/mol. The predicted octanol–water partition coefficient (Wildman–Crippen LogP) is 1.34. The zero-order chi connectivity index (χ0) is 17.8. The van der Waals surface area contributed by atoms with Gasteiger partial charge in [-0.15, -0.1) is 0 Å². The van der Waals surface area contributed by atoms with Crippen LogP contribution in [0.5, 0.6) is 0 Å². The lowest BCUT2D eigenvalue weighted by Gasteiger charge is -2.29. The molecule has 1 atom stereocenters. The van der Waals surface area contributed by atoms with E-state index in [1.165, 1.54) is 18.1 Å². The molecule has 9 heteroatoms. The van der Waals surface area contributed by atoms with Crippen molar-refractivity contribution in [3.05, 3.63) is 24.0 Å². The molecule has 0 spiro atoms. The third-order valence-electron chi connectivity index (χ3n) is 4.13. The molecule has 0 saturated carbocycles. The summed E-state index contributed by atoms with van der Waals surface area (Å²) >= 11 is 0. The summed E-state index contributed by atoms with van der Waals surface area (Å²) in [6, 6.07) is 4.66. The van der Waals surface area contributed by atoms with Crippen molar-refractivity contribution in [3.8, 4) is 0 Å². The second-order valence-electron chi connectivity index (χ2n) is 5.72. The summed E-state index contributed by atoms with van der Waals surface area (Å²) in [6.07, 6.45) is -1.70. The molecule has 25 heavy (non-hydrogen) atoms. The topological polar surface area (TPSA) is 80.3 Å². The minimum absolute atomic E-state index is 0.128. The fourth-order valence-corrected chi connectivity index (χ4v) is 2.83. The lowest BCUT2D eigenvalue weighted by Crippen LogP contribution is -2.37. The van der Waals surface area contributed by atoms with E-state index in [2.05, 4.69) is 10.1 Å². The molecule has 0 radical (unpaired) electrons. The van der Waals surface area contributed by atoms with Crippen molar-refractivity contribution in [1.82, 2.24) is 5.32 Å². The molecule has 2 fully saturated rings. The van der Waals surface area contributed by atoms with Gasteiger partial charge in [-0.05, 0) is 18.2 Å². The first kappa shape index (κ1) is 17.3. The molecule has 0 aliphatic carbocycles. The highest BCUT2D eigenvalue weighted by molar-refractivity contribution is 5.90. The quantitative estimate of drug-likeness (QED) is 0.880. The van der Waals surface area contributed by atoms with Crippen LogP contribution in [0, 0.1) is 5.82 Å². The van der Waals surface area contributed by atoms with Gasteiger partial charge in [-0.1, -0.05) is 0 Å². The van der Waals surface area contributed by atoms with E-state index in [1.54, 1.807) is 12.1 Å². The molecular weight excluding hydrogens is 333 g/mol. The van der Waals surface area contributed by atoms with Crippen molar-refractivity contribution in [3.63, 3.8) is 0 Å². The number of morpholine rings is 1. The summed E-state index contributed by atoms with van der Waals surface area (Å²) in [5.41, 5.74) is 0.906. The largest absolute Gasteiger partial charge is 0.453 e. The number of ether oxygens (including phenoxy) is 3. The molecule has 2 amide bonds. The normalized spacial score (nSPS) is 20.4. The molecule has 2 saturated heterocycles. The van der Waals surface area contributed by atoms with Crippen LogP contribution >= 0.6 is 0 Å². The number of benzene rings is 1. The minimum atomic E-state index is -0.601. The third kappa shape index (κ3) is 3.93. The van der Waals surface area contributed by atoms with Crippen LogP contribution in [0.15, 0.2) is 18.2 Å². The van der Waals surface area contributed by atoms with Crippen LogP contribution in [0.25, 0.3) is 0 Å². The molecule has 2 heterocycles. The average molecular weight is 353 g/mol. The molecule has 3 rings (SSSR count). The number of halogens is 1. The summed E-state index contributed by atoms with van der Waals surface area (Å²) in [5.74, 6) is -0.400. The molecule has 1 aromatic carbocycles. The van der Waals surface area contributed by atoms with Crippen molar-refractivity contribution in [2.24, 2.45) is 0 Å². The van der Waals surface area contributed by atoms with Crippen molar-refractivity contribution in [1.29, 1.82) is 0 Å². The highest BCUT2D eigenvalue weighted by Gasteiger charge is 2.33. The van der Waals surface area contributed by atoms with Crippen LogP contribution in [-0.4, -0.2) is 64.8 Å². The Morgan fingerprint density at radius 3 is 2.84 bits per heavy atom. The Hall–Kier alpha value is -2.55. The number of nitrogens with zero attached hydrogens (tertiary/aromatic N) is 2. The molecule has 0 bridgehead atoms. The standard InChI is InChI=1S/C16H20FN3O5/c1-23-15(21)18-9-12-10-20(16(22)25-12)11-2-3-14(13(17)8-11)19-4-6-24-7-5-19/h2-3,8,12H,4-7,9-10H2,1H3,(H,18,21)/t12-/m0/s1. The number of methoxy groups -OCH3 is 1. The van der Waals surface area contributed by atoms with Gasteiger partial charge in [0.05, 0.1) is 44.8 Å². The molecule has 8 nitrogen and oxygen atoms in total. The maximum absolute atomic E-state index is 14.5. The number of alkyl carbamates (subject to hydrolysis) is 1. The number of rotatable bonds is 4. The zero-order valence-electron chi connectivity index (χ0n) is 13.9. The number of amides is 2. The van der Waals surface area contributed by atoms with Gasteiger partial charge in [-0.3, -0.25) is 4.90 Å². The van der Waals surface area contributed by atoms with Crippen molar-refractivity contribution in [2.75, 3.05) is 56.3 Å². The second kappa shape index (κ2) is 7.56. The van der Waals surface area contributed by atoms with Gasteiger partial charge < -0.3 is 24.4 Å². The molecule has 136 valence electrons. The van der Waals surface area contributed by atoms with E-state index < -0.39 is 24.1 Å². The fourth-order valence-electron chi connectivity index (χ4n) is 2.83. The zero-order valence-corrected chi connectivity index (χ0v) is 13.9. The lowest BCUT2D eigenvalue weighted by atomic mass is 10.2. The fraction of sp³-hybridized carbons (Fsp3) is 0.500. The first-order valence-electron chi connectivity index (χ1n) is 8.00. The number of cyclic esters (lactones) is 1. The van der Waals surface area contributed by atoms with Gasteiger partial charge in [0.25, 0.3) is 0 Å². The Labute approximate surface area is 144 Å². The summed E-state index contributed by atoms with van der Waals surface area (Å²) in [5, 5.41) is 2.47. The van der Waals surface area contributed by atoms with Gasteiger partial charge in [0.15, 0.2) is 0 Å². The van der Waals surface area contributed by atoms with E-state index >= 15 is 0 Å². The van der Waals surface area contributed by atoms with Gasteiger partial charge in [-0.2, -0.15) is 0 Å². The van der Waals surface area contributed by atoms with Crippen LogP contribution in [0.3, 0.4) is 0 Å². The highest BCUT2D eigenvalue weighted by atomic mass is 19.1. The first-order chi connectivity index (χ1) is 12.1. The lowest BCUT2D eigenvalue weighted by molar-refractivity contribution is 0.122.